The zero-order valence-electron chi connectivity index (χ0n) is 14.6. The summed E-state index contributed by atoms with van der Waals surface area (Å²) in [7, 11) is 0. The van der Waals surface area contributed by atoms with Gasteiger partial charge in [0.05, 0.1) is 16.6 Å². The third-order valence-corrected chi connectivity index (χ3v) is 4.97. The summed E-state index contributed by atoms with van der Waals surface area (Å²) < 4.78 is 1.77. The summed E-state index contributed by atoms with van der Waals surface area (Å²) in [4.78, 5) is 19.7. The van der Waals surface area contributed by atoms with Gasteiger partial charge < -0.3 is 5.11 Å². The van der Waals surface area contributed by atoms with Crippen LogP contribution < -0.4 is 5.69 Å². The van der Waals surface area contributed by atoms with Gasteiger partial charge in [0.25, 0.3) is 0 Å². The van der Waals surface area contributed by atoms with Crippen molar-refractivity contribution in [3.63, 3.8) is 0 Å². The van der Waals surface area contributed by atoms with Gasteiger partial charge in [-0.1, -0.05) is 49.7 Å². The summed E-state index contributed by atoms with van der Waals surface area (Å²) in [6, 6.07) is 7.65. The van der Waals surface area contributed by atoms with Crippen molar-refractivity contribution in [2.75, 3.05) is 0 Å². The van der Waals surface area contributed by atoms with Crippen LogP contribution in [0.3, 0.4) is 0 Å². The highest BCUT2D eigenvalue weighted by Gasteiger charge is 2.20. The van der Waals surface area contributed by atoms with E-state index >= 15 is 0 Å². The predicted octanol–water partition coefficient (Wildman–Crippen LogP) is 4.46. The van der Waals surface area contributed by atoms with Crippen LogP contribution in [0.4, 0.5) is 0 Å². The molecule has 0 aliphatic carbocycles. The zero-order chi connectivity index (χ0) is 18.1. The molecule has 0 spiro atoms. The van der Waals surface area contributed by atoms with Crippen molar-refractivity contribution in [3.8, 4) is 11.1 Å². The van der Waals surface area contributed by atoms with Gasteiger partial charge in [0.1, 0.15) is 0 Å². The van der Waals surface area contributed by atoms with Crippen LogP contribution >= 0.6 is 11.6 Å². The average Bonchev–Trinajstić information content (AvgIpc) is 2.93. The fraction of sp³-hybridized carbons (Fsp3) is 0.368. The number of rotatable bonds is 5. The quantitative estimate of drug-likeness (QED) is 0.706. The molecular formula is C19H22ClN3O2. The zero-order valence-corrected chi connectivity index (χ0v) is 15.3. The molecule has 5 nitrogen and oxygen atoms in total. The second kappa shape index (κ2) is 7.02. The van der Waals surface area contributed by atoms with E-state index in [9.17, 15) is 9.90 Å². The Kier molecular flexibility index (Phi) is 4.97. The number of hydrogen-bond donors (Lipinski definition) is 2. The molecule has 1 aromatic carbocycles. The fourth-order valence-electron chi connectivity index (χ4n) is 3.27. The molecule has 25 heavy (non-hydrogen) atoms. The van der Waals surface area contributed by atoms with Crippen LogP contribution in [0.2, 0.25) is 5.02 Å². The standard InChI is InChI=1S/C19H22ClN3O2/c1-4-14(5-2)23-17-16(13-8-6-12(7-9-13)11(3)24)15(20)10-21-18(17)22-19(23)25/h6-11,14,24H,4-5H2,1-3H3,(H,21,22,25). The minimum atomic E-state index is -0.531. The second-order valence-corrected chi connectivity index (χ2v) is 6.65. The molecule has 0 bridgehead atoms. The first kappa shape index (κ1) is 17.7. The minimum Gasteiger partial charge on any atom is -0.389 e. The van der Waals surface area contributed by atoms with Gasteiger partial charge in [-0.25, -0.2) is 9.78 Å². The molecular weight excluding hydrogens is 338 g/mol. The van der Waals surface area contributed by atoms with Crippen molar-refractivity contribution in [3.05, 3.63) is 51.5 Å². The van der Waals surface area contributed by atoms with E-state index in [4.69, 9.17) is 11.6 Å². The molecule has 0 radical (unpaired) electrons. The third-order valence-electron chi connectivity index (χ3n) is 4.68. The minimum absolute atomic E-state index is 0.0806. The van der Waals surface area contributed by atoms with Crippen molar-refractivity contribution in [2.45, 2.75) is 45.8 Å². The lowest BCUT2D eigenvalue weighted by Gasteiger charge is -2.17. The molecule has 1 atom stereocenters. The van der Waals surface area contributed by atoms with Crippen LogP contribution in [-0.2, 0) is 0 Å². The van der Waals surface area contributed by atoms with E-state index in [1.807, 2.05) is 24.3 Å². The predicted molar refractivity (Wildman–Crippen MR) is 101 cm³/mol. The van der Waals surface area contributed by atoms with Crippen molar-refractivity contribution in [1.82, 2.24) is 14.5 Å². The molecule has 0 amide bonds. The highest BCUT2D eigenvalue weighted by atomic mass is 35.5. The SMILES string of the molecule is CCC(CC)n1c(=O)[nH]c2ncc(Cl)c(-c3ccc(C(C)O)cc3)c21. The van der Waals surface area contributed by atoms with Gasteiger partial charge in [-0.05, 0) is 30.9 Å². The van der Waals surface area contributed by atoms with E-state index in [1.165, 1.54) is 0 Å². The van der Waals surface area contributed by atoms with Gasteiger partial charge in [-0.3, -0.25) is 9.55 Å². The Bertz CT molecular complexity index is 938. The number of aromatic amines is 1. The molecule has 0 aliphatic heterocycles. The van der Waals surface area contributed by atoms with E-state index in [0.29, 0.717) is 10.7 Å². The number of fused-ring (bicyclic) bond motifs is 1. The summed E-state index contributed by atoms with van der Waals surface area (Å²) in [5.41, 5.74) is 3.61. The maximum Gasteiger partial charge on any atom is 0.327 e. The number of benzene rings is 1. The molecule has 0 aliphatic rings. The third kappa shape index (κ3) is 3.10. The van der Waals surface area contributed by atoms with E-state index < -0.39 is 6.10 Å². The summed E-state index contributed by atoms with van der Waals surface area (Å²) in [5, 5.41) is 10.2. The average molecular weight is 360 g/mol. The molecule has 3 aromatic rings. The van der Waals surface area contributed by atoms with Gasteiger partial charge in [-0.2, -0.15) is 0 Å². The Morgan fingerprint density at radius 2 is 1.88 bits per heavy atom. The Hall–Kier alpha value is -2.11. The number of pyridine rings is 1. The molecule has 2 N–H and O–H groups in total. The number of H-pyrrole nitrogens is 1. The number of aromatic nitrogens is 3. The molecule has 6 heteroatoms. The maximum absolute atomic E-state index is 12.5. The van der Waals surface area contributed by atoms with Crippen molar-refractivity contribution in [1.29, 1.82) is 0 Å². The topological polar surface area (TPSA) is 70.9 Å². The Morgan fingerprint density at radius 1 is 1.24 bits per heavy atom. The number of nitrogens with zero attached hydrogens (tertiary/aromatic N) is 2. The lowest BCUT2D eigenvalue weighted by molar-refractivity contribution is 0.199. The van der Waals surface area contributed by atoms with Gasteiger partial charge in [0.15, 0.2) is 5.65 Å². The highest BCUT2D eigenvalue weighted by molar-refractivity contribution is 6.34. The maximum atomic E-state index is 12.5. The monoisotopic (exact) mass is 359 g/mol. The van der Waals surface area contributed by atoms with Crippen LogP contribution in [0.1, 0.15) is 51.3 Å². The molecule has 2 heterocycles. The molecule has 132 valence electrons. The van der Waals surface area contributed by atoms with Crippen molar-refractivity contribution >= 4 is 22.8 Å². The van der Waals surface area contributed by atoms with Crippen molar-refractivity contribution in [2.24, 2.45) is 0 Å². The van der Waals surface area contributed by atoms with E-state index in [2.05, 4.69) is 23.8 Å². The van der Waals surface area contributed by atoms with Gasteiger partial charge in [0.2, 0.25) is 0 Å². The van der Waals surface area contributed by atoms with Crippen LogP contribution in [0.5, 0.6) is 0 Å². The van der Waals surface area contributed by atoms with Gasteiger partial charge >= 0.3 is 5.69 Å². The smallest absolute Gasteiger partial charge is 0.327 e. The van der Waals surface area contributed by atoms with Crippen LogP contribution in [0.25, 0.3) is 22.3 Å². The molecule has 1 unspecified atom stereocenters. The number of nitrogens with one attached hydrogen (secondary N) is 1. The van der Waals surface area contributed by atoms with Crippen LogP contribution in [0.15, 0.2) is 35.3 Å². The first-order chi connectivity index (χ1) is 12.0. The van der Waals surface area contributed by atoms with Crippen LogP contribution in [0, 0.1) is 0 Å². The first-order valence-electron chi connectivity index (χ1n) is 8.55. The summed E-state index contributed by atoms with van der Waals surface area (Å²) in [6.07, 6.45) is 2.72. The molecule has 0 saturated heterocycles. The Balaban J connectivity index is 2.30. The summed E-state index contributed by atoms with van der Waals surface area (Å²) in [5.74, 6) is 0. The number of imidazole rings is 1. The largest absolute Gasteiger partial charge is 0.389 e. The summed E-state index contributed by atoms with van der Waals surface area (Å²) in [6.45, 7) is 5.85. The summed E-state index contributed by atoms with van der Waals surface area (Å²) >= 11 is 6.47. The fourth-order valence-corrected chi connectivity index (χ4v) is 3.52. The van der Waals surface area contributed by atoms with Gasteiger partial charge in [-0.15, -0.1) is 0 Å². The first-order valence-corrected chi connectivity index (χ1v) is 8.92. The molecule has 2 aromatic heterocycles. The van der Waals surface area contributed by atoms with E-state index in [-0.39, 0.29) is 11.7 Å². The normalized spacial score (nSPS) is 12.9. The number of aliphatic hydroxyl groups is 1. The Morgan fingerprint density at radius 3 is 2.44 bits per heavy atom. The second-order valence-electron chi connectivity index (χ2n) is 6.25. The lowest BCUT2D eigenvalue weighted by Crippen LogP contribution is -2.21. The lowest BCUT2D eigenvalue weighted by atomic mass is 10.0. The number of halogens is 1. The molecule has 0 saturated carbocycles. The number of aliphatic hydroxyl groups excluding tert-OH is 1. The highest BCUT2D eigenvalue weighted by Crippen LogP contribution is 2.35. The van der Waals surface area contributed by atoms with Gasteiger partial charge in [0, 0.05) is 17.8 Å². The van der Waals surface area contributed by atoms with Crippen molar-refractivity contribution < 1.29 is 5.11 Å². The van der Waals surface area contributed by atoms with E-state index in [1.54, 1.807) is 17.7 Å². The van der Waals surface area contributed by atoms with E-state index in [0.717, 1.165) is 35.0 Å². The molecule has 0 fully saturated rings. The molecule has 3 rings (SSSR count). The Labute approximate surface area is 151 Å². The number of hydrogen-bond acceptors (Lipinski definition) is 3. The van der Waals surface area contributed by atoms with Crippen LogP contribution in [-0.4, -0.2) is 19.6 Å².